The molecule has 0 fully saturated rings. The van der Waals surface area contributed by atoms with Crippen LogP contribution >= 0.6 is 0 Å². The highest BCUT2D eigenvalue weighted by Gasteiger charge is 1.95. The Morgan fingerprint density at radius 3 is 1.82 bits per heavy atom. The lowest BCUT2D eigenvalue weighted by Crippen LogP contribution is -1.77. The lowest BCUT2D eigenvalue weighted by Gasteiger charge is -1.99. The zero-order valence-corrected chi connectivity index (χ0v) is 9.10. The van der Waals surface area contributed by atoms with Gasteiger partial charge in [0.2, 0.25) is 0 Å². The first kappa shape index (κ1) is 12.5. The molecule has 0 bridgehead atoms. The van der Waals surface area contributed by atoms with Gasteiger partial charge >= 0.3 is 0 Å². The van der Waals surface area contributed by atoms with Crippen LogP contribution in [-0.2, 0) is 0 Å². The van der Waals surface area contributed by atoms with E-state index in [0.29, 0.717) is 5.56 Å². The monoisotopic (exact) mass is 223 g/mol. The third-order valence-corrected chi connectivity index (χ3v) is 2.12. The van der Waals surface area contributed by atoms with Gasteiger partial charge < -0.3 is 0 Å². The Balaban J connectivity index is 0.000000437. The first-order valence-electron chi connectivity index (χ1n) is 4.93. The Morgan fingerprint density at radius 2 is 1.35 bits per heavy atom. The predicted octanol–water partition coefficient (Wildman–Crippen LogP) is 3.77. The third kappa shape index (κ3) is 3.81. The van der Waals surface area contributed by atoms with Gasteiger partial charge in [-0.1, -0.05) is 48.9 Å². The molecular weight excluding hydrogens is 213 g/mol. The number of benzene rings is 2. The molecule has 0 aliphatic heterocycles. The predicted molar refractivity (Wildman–Crippen MR) is 66.5 cm³/mol. The largest absolute Gasteiger partial charge is 0.192 e. The molecule has 0 saturated heterocycles. The van der Waals surface area contributed by atoms with Crippen LogP contribution in [0.4, 0.5) is 4.39 Å². The Hall–Kier alpha value is -2.58. The van der Waals surface area contributed by atoms with Crippen LogP contribution in [-0.4, -0.2) is 0 Å². The molecule has 17 heavy (non-hydrogen) atoms. The first-order chi connectivity index (χ1) is 8.31. The minimum absolute atomic E-state index is 0.699. The van der Waals surface area contributed by atoms with Crippen molar-refractivity contribution in [3.63, 3.8) is 0 Å². The molecular formula is C15H10FN. The van der Waals surface area contributed by atoms with Crippen molar-refractivity contribution in [1.29, 1.82) is 5.26 Å². The van der Waals surface area contributed by atoms with E-state index in [1.807, 2.05) is 42.5 Å². The molecule has 2 heteroatoms. The van der Waals surface area contributed by atoms with E-state index in [-0.39, 0.29) is 0 Å². The second-order valence-corrected chi connectivity index (χ2v) is 3.16. The summed E-state index contributed by atoms with van der Waals surface area (Å²) in [5, 5.41) is 8.65. The van der Waals surface area contributed by atoms with Gasteiger partial charge in [0.25, 0.3) is 0 Å². The number of halogens is 1. The lowest BCUT2D eigenvalue weighted by atomic mass is 10.0. The molecule has 0 heterocycles. The standard InChI is InChI=1S/C13H9N.C2HF/c14-10-11-6-8-13(9-7-11)12-4-2-1-3-5-12;1-2-3/h1-9H;1H. The summed E-state index contributed by atoms with van der Waals surface area (Å²) in [6.07, 6.45) is 4.68. The van der Waals surface area contributed by atoms with Gasteiger partial charge in [-0.15, -0.1) is 4.39 Å². The first-order valence-corrected chi connectivity index (χ1v) is 4.93. The summed E-state index contributed by atoms with van der Waals surface area (Å²) in [5.41, 5.74) is 3.02. The fraction of sp³-hybridized carbons (Fsp3) is 0. The molecule has 0 amide bonds. The van der Waals surface area contributed by atoms with Gasteiger partial charge in [0, 0.05) is 0 Å². The van der Waals surface area contributed by atoms with E-state index in [0.717, 1.165) is 11.7 Å². The number of nitrogens with zero attached hydrogens (tertiary/aromatic N) is 1. The molecule has 2 aromatic carbocycles. The van der Waals surface area contributed by atoms with Crippen LogP contribution in [0.5, 0.6) is 0 Å². The third-order valence-electron chi connectivity index (χ3n) is 2.12. The summed E-state index contributed by atoms with van der Waals surface area (Å²) in [7, 11) is 0. The normalized spacial score (nSPS) is 8.18. The van der Waals surface area contributed by atoms with E-state index in [4.69, 9.17) is 5.26 Å². The SMILES string of the molecule is C#CF.N#Cc1ccc(-c2ccccc2)cc1. The summed E-state index contributed by atoms with van der Waals surface area (Å²) < 4.78 is 9.82. The van der Waals surface area contributed by atoms with Crippen molar-refractivity contribution < 1.29 is 4.39 Å². The maximum atomic E-state index is 9.82. The van der Waals surface area contributed by atoms with Crippen LogP contribution in [0.25, 0.3) is 11.1 Å². The van der Waals surface area contributed by atoms with Gasteiger partial charge in [0.05, 0.1) is 11.6 Å². The molecule has 0 aliphatic rings. The summed E-state index contributed by atoms with van der Waals surface area (Å²) in [5.74, 6) is 0. The number of terminal acetylenes is 1. The topological polar surface area (TPSA) is 23.8 Å². The second kappa shape index (κ2) is 6.82. The lowest BCUT2D eigenvalue weighted by molar-refractivity contribution is 0.775. The molecule has 0 aromatic heterocycles. The summed E-state index contributed by atoms with van der Waals surface area (Å²) in [4.78, 5) is 0. The van der Waals surface area contributed by atoms with Crippen molar-refractivity contribution in [1.82, 2.24) is 0 Å². The molecule has 0 atom stereocenters. The fourth-order valence-electron chi connectivity index (χ4n) is 1.37. The van der Waals surface area contributed by atoms with Crippen molar-refractivity contribution in [3.8, 4) is 29.8 Å². The molecule has 0 spiro atoms. The highest BCUT2D eigenvalue weighted by molar-refractivity contribution is 5.63. The maximum Gasteiger partial charge on any atom is 0.102 e. The average Bonchev–Trinajstić information content (AvgIpc) is 2.41. The maximum absolute atomic E-state index is 9.82. The summed E-state index contributed by atoms with van der Waals surface area (Å²) in [6.45, 7) is 0. The molecule has 0 N–H and O–H groups in total. The fourth-order valence-corrected chi connectivity index (χ4v) is 1.37. The van der Waals surface area contributed by atoms with E-state index in [9.17, 15) is 4.39 Å². The van der Waals surface area contributed by atoms with Crippen LogP contribution in [0, 0.1) is 23.9 Å². The van der Waals surface area contributed by atoms with Crippen LogP contribution in [0.15, 0.2) is 54.6 Å². The van der Waals surface area contributed by atoms with Crippen LogP contribution in [0.1, 0.15) is 5.56 Å². The van der Waals surface area contributed by atoms with Gasteiger partial charge in [0.15, 0.2) is 0 Å². The van der Waals surface area contributed by atoms with E-state index in [1.54, 1.807) is 0 Å². The second-order valence-electron chi connectivity index (χ2n) is 3.16. The molecule has 0 saturated carbocycles. The number of nitriles is 1. The number of hydrogen-bond donors (Lipinski definition) is 0. The molecule has 0 aliphatic carbocycles. The zero-order chi connectivity index (χ0) is 12.5. The van der Waals surface area contributed by atoms with Gasteiger partial charge in [0.1, 0.15) is 6.17 Å². The van der Waals surface area contributed by atoms with E-state index in [2.05, 4.69) is 24.6 Å². The molecule has 2 rings (SSSR count). The molecule has 2 aromatic rings. The van der Waals surface area contributed by atoms with E-state index in [1.165, 1.54) is 5.56 Å². The van der Waals surface area contributed by atoms with Crippen molar-refractivity contribution in [2.45, 2.75) is 0 Å². The van der Waals surface area contributed by atoms with Crippen LogP contribution in [0.2, 0.25) is 0 Å². The average molecular weight is 223 g/mol. The van der Waals surface area contributed by atoms with E-state index < -0.39 is 0 Å². The molecule has 0 radical (unpaired) electrons. The Labute approximate surface area is 100 Å². The van der Waals surface area contributed by atoms with Crippen molar-refractivity contribution in [3.05, 3.63) is 60.2 Å². The van der Waals surface area contributed by atoms with Gasteiger partial charge in [-0.05, 0) is 23.3 Å². The Morgan fingerprint density at radius 1 is 0.882 bits per heavy atom. The smallest absolute Gasteiger partial charge is 0.102 e. The van der Waals surface area contributed by atoms with E-state index >= 15 is 0 Å². The summed E-state index contributed by atoms with van der Waals surface area (Å²) >= 11 is 0. The van der Waals surface area contributed by atoms with Crippen molar-refractivity contribution in [2.24, 2.45) is 0 Å². The minimum atomic E-state index is 0.699. The summed E-state index contributed by atoms with van der Waals surface area (Å²) in [6, 6.07) is 19.8. The zero-order valence-electron chi connectivity index (χ0n) is 9.10. The van der Waals surface area contributed by atoms with Crippen molar-refractivity contribution >= 4 is 0 Å². The van der Waals surface area contributed by atoms with Gasteiger partial charge in [-0.25, -0.2) is 0 Å². The van der Waals surface area contributed by atoms with Crippen LogP contribution in [0.3, 0.4) is 0 Å². The van der Waals surface area contributed by atoms with Crippen molar-refractivity contribution in [2.75, 3.05) is 0 Å². The van der Waals surface area contributed by atoms with Gasteiger partial charge in [-0.2, -0.15) is 5.26 Å². The Kier molecular flexibility index (Phi) is 5.01. The highest BCUT2D eigenvalue weighted by Crippen LogP contribution is 2.18. The number of rotatable bonds is 1. The van der Waals surface area contributed by atoms with Crippen LogP contribution < -0.4 is 0 Å². The molecule has 82 valence electrons. The van der Waals surface area contributed by atoms with Gasteiger partial charge in [-0.3, -0.25) is 0 Å². The highest BCUT2D eigenvalue weighted by atomic mass is 19.1. The minimum Gasteiger partial charge on any atom is -0.192 e. The quantitative estimate of drug-likeness (QED) is 0.675. The molecule has 1 nitrogen and oxygen atoms in total. The number of hydrogen-bond acceptors (Lipinski definition) is 1. The Bertz CT molecular complexity index is 530. The molecule has 0 unspecified atom stereocenters.